The van der Waals surface area contributed by atoms with Crippen molar-refractivity contribution >= 4 is 44.6 Å². The van der Waals surface area contributed by atoms with E-state index in [0.717, 1.165) is 44.3 Å². The van der Waals surface area contributed by atoms with Crippen LogP contribution in [0.4, 0.5) is 22.7 Å². The molecule has 0 spiro atoms. The van der Waals surface area contributed by atoms with Crippen LogP contribution in [0.3, 0.4) is 0 Å². The zero-order valence-electron chi connectivity index (χ0n) is 54.0. The number of anilines is 4. The quantitative estimate of drug-likeness (QED) is 0.128. The monoisotopic (exact) mass is 1110 g/mol. The number of aromatic nitrogens is 2. The molecule has 71 heavy (non-hydrogen) atoms. The molecule has 2 aromatic heterocycles. The minimum absolute atomic E-state index is 0. The smallest absolute Gasteiger partial charge is 0.135 e. The largest absolute Gasteiger partial charge is 0.493 e. The van der Waals surface area contributed by atoms with Crippen LogP contribution in [0.5, 0.6) is 0 Å². The van der Waals surface area contributed by atoms with Gasteiger partial charge in [-0.1, -0.05) is 185 Å². The van der Waals surface area contributed by atoms with Gasteiger partial charge in [-0.2, -0.15) is 53.6 Å². The number of nitrogens with zero attached hydrogens (tertiary/aromatic N) is 4. The predicted molar refractivity (Wildman–Crippen MR) is 291 cm³/mol. The van der Waals surface area contributed by atoms with Gasteiger partial charge in [0.1, 0.15) is 5.82 Å². The van der Waals surface area contributed by atoms with Crippen molar-refractivity contribution in [1.29, 1.82) is 0 Å². The van der Waals surface area contributed by atoms with Gasteiger partial charge in [0.25, 0.3) is 0 Å². The second kappa shape index (κ2) is 18.5. The fourth-order valence-electron chi connectivity index (χ4n) is 9.62. The molecule has 0 fully saturated rings. The van der Waals surface area contributed by atoms with Crippen molar-refractivity contribution in [3.8, 4) is 39.2 Å². The Kier molecular flexibility index (Phi) is 8.20. The van der Waals surface area contributed by atoms with Crippen LogP contribution in [0, 0.1) is 18.8 Å². The van der Waals surface area contributed by atoms with Crippen molar-refractivity contribution in [3.63, 3.8) is 0 Å². The molecule has 0 radical (unpaired) electrons. The van der Waals surface area contributed by atoms with Gasteiger partial charge in [-0.15, -0.1) is 17.7 Å². The maximum absolute atomic E-state index is 9.37. The average Bonchev–Trinajstić information content (AvgIpc) is 1.34. The van der Waals surface area contributed by atoms with Crippen LogP contribution in [0.15, 0.2) is 230 Å². The minimum atomic E-state index is -0.753. The van der Waals surface area contributed by atoms with Crippen molar-refractivity contribution < 1.29 is 41.6 Å². The van der Waals surface area contributed by atoms with E-state index in [0.29, 0.717) is 17.1 Å². The van der Waals surface area contributed by atoms with Gasteiger partial charge in [0.15, 0.2) is 0 Å². The van der Waals surface area contributed by atoms with Gasteiger partial charge in [0.2, 0.25) is 0 Å². The number of hydrogen-bond donors (Lipinski definition) is 0. The van der Waals surface area contributed by atoms with Gasteiger partial charge in [0.05, 0.1) is 20.6 Å². The number of benzene rings is 9. The molecule has 1 aliphatic rings. The topological polar surface area (TPSA) is 24.3 Å². The zero-order valence-corrected chi connectivity index (χ0v) is 41.2. The summed E-state index contributed by atoms with van der Waals surface area (Å²) in [5.74, 6) is 0.744. The fraction of sp³-hybridized carbons (Fsp3) is 0.0909. The number of para-hydroxylation sites is 3. The Hall–Kier alpha value is -7.78. The van der Waals surface area contributed by atoms with Gasteiger partial charge in [-0.3, -0.25) is 0 Å². The van der Waals surface area contributed by atoms with E-state index < -0.39 is 96.1 Å². The molecule has 1 aliphatic heterocycles. The Labute approximate surface area is 452 Å². The number of fused-ring (bicyclic) bond motifs is 4. The molecular weight excluding hydrogens is 1040 g/mol. The molecule has 0 atom stereocenters. The molecular formula is C66H51N4Pt-3. The fourth-order valence-corrected chi connectivity index (χ4v) is 9.62. The summed E-state index contributed by atoms with van der Waals surface area (Å²) < 4.78 is 136. The third kappa shape index (κ3) is 8.07. The molecule has 0 aliphatic carbocycles. The van der Waals surface area contributed by atoms with E-state index >= 15 is 0 Å². The second-order valence-corrected chi connectivity index (χ2v) is 18.2. The first-order valence-corrected chi connectivity index (χ1v) is 22.9. The molecule has 3 heterocycles. The molecule has 12 rings (SSSR count). The number of pyridine rings is 1. The summed E-state index contributed by atoms with van der Waals surface area (Å²) in [4.78, 5) is 8.45. The normalized spacial score (nSPS) is 15.5. The second-order valence-electron chi connectivity index (χ2n) is 18.2. The maximum Gasteiger partial charge on any atom is 0.135 e. The standard InChI is InChI=1S/C66H51N4.Pt/c1-65(2,50-28-15-8-16-29-50)53-38-39-67-63(44-53)70-59-33-18-17-32-55(59)56-37-36-52(43-62(56)70)66(3,4)51-30-21-31-54(42-51)68-45-69(61-35-20-19-34-60(61)68)64-57(47-24-11-6-12-25-47)40-49(46-22-9-5-10-23-46)41-58(64)48-26-13-7-14-27-48;/h5-41,44-45H,1-4H3;/q-3;/i5D,6D,7D,9D,10D,11D,12D,13D,14D,22D,23D,24D,25D,26D,27D;. The van der Waals surface area contributed by atoms with Crippen LogP contribution in [0.2, 0.25) is 0 Å². The van der Waals surface area contributed by atoms with Gasteiger partial charge < -0.3 is 14.4 Å². The number of hydrogen-bond acceptors (Lipinski definition) is 3. The summed E-state index contributed by atoms with van der Waals surface area (Å²) in [5, 5.41) is 2.04. The first-order valence-electron chi connectivity index (χ1n) is 30.4. The number of rotatable bonds is 10. The Bertz CT molecular complexity index is 4440. The molecule has 0 amide bonds. The van der Waals surface area contributed by atoms with Gasteiger partial charge >= 0.3 is 0 Å². The Morgan fingerprint density at radius 1 is 0.493 bits per heavy atom. The van der Waals surface area contributed by atoms with Crippen molar-refractivity contribution in [3.05, 3.63) is 271 Å². The first-order chi connectivity index (χ1) is 40.4. The summed E-state index contributed by atoms with van der Waals surface area (Å²) in [5.41, 5.74) is 4.72. The van der Waals surface area contributed by atoms with Crippen LogP contribution in [0.1, 0.15) is 70.5 Å². The third-order valence-electron chi connectivity index (χ3n) is 13.5. The summed E-state index contributed by atoms with van der Waals surface area (Å²) in [6, 6.07) is 40.1. The molecule has 0 saturated heterocycles. The van der Waals surface area contributed by atoms with E-state index in [1.54, 1.807) is 23.7 Å². The van der Waals surface area contributed by atoms with Crippen molar-refractivity contribution in [1.82, 2.24) is 9.55 Å². The van der Waals surface area contributed by atoms with E-state index in [1.807, 2.05) is 71.8 Å². The Balaban J connectivity index is 0.00000768. The molecule has 348 valence electrons. The van der Waals surface area contributed by atoms with Gasteiger partial charge in [0, 0.05) is 66.4 Å². The molecule has 0 unspecified atom stereocenters. The molecule has 0 N–H and O–H groups in total. The summed E-state index contributed by atoms with van der Waals surface area (Å²) in [6.45, 7) is 10.3. The molecule has 5 heteroatoms. The Morgan fingerprint density at radius 3 is 1.76 bits per heavy atom. The Morgan fingerprint density at radius 2 is 1.08 bits per heavy atom. The first kappa shape index (κ1) is 31.4. The van der Waals surface area contributed by atoms with E-state index in [2.05, 4.69) is 92.9 Å². The molecule has 4 nitrogen and oxygen atoms in total. The maximum atomic E-state index is 9.37. The summed E-state index contributed by atoms with van der Waals surface area (Å²) in [6.07, 6.45) is 1.85. The van der Waals surface area contributed by atoms with E-state index in [-0.39, 0.29) is 65.5 Å². The average molecular weight is 1110 g/mol. The SMILES string of the molecule is [2H]c1c([2H])c([2H])c(-c2cc(-c3c([2H])c([2H])c([2H])c([2H])c3[2H])c(N3[CH-]N(c4[c-]c(C(C)(C)c5[c-]c6c(cc5)c5ccccc5n6-c5cc(C(C)(C)c6ccccc6)ccn5)ccc4)c4ccccc43)c(-c3c([2H])c([2H])c([2H])c([2H])c3[2H])c2)c([2H])c1[2H].[Pt]. The van der Waals surface area contributed by atoms with Crippen LogP contribution in [-0.2, 0) is 31.9 Å². The van der Waals surface area contributed by atoms with Crippen molar-refractivity contribution in [2.24, 2.45) is 0 Å². The summed E-state index contributed by atoms with van der Waals surface area (Å²) >= 11 is 0. The molecule has 11 aromatic rings. The van der Waals surface area contributed by atoms with Gasteiger partial charge in [-0.25, -0.2) is 4.98 Å². The van der Waals surface area contributed by atoms with Crippen molar-refractivity contribution in [2.45, 2.75) is 38.5 Å². The predicted octanol–water partition coefficient (Wildman–Crippen LogP) is 16.8. The zero-order chi connectivity index (χ0) is 60.5. The van der Waals surface area contributed by atoms with Gasteiger partial charge in [-0.05, 0) is 86.6 Å². The van der Waals surface area contributed by atoms with E-state index in [1.165, 1.54) is 17.7 Å². The minimum Gasteiger partial charge on any atom is -0.493 e. The van der Waals surface area contributed by atoms with Crippen LogP contribution in [0.25, 0.3) is 61.0 Å². The molecule has 0 bridgehead atoms. The van der Waals surface area contributed by atoms with Crippen LogP contribution in [-0.4, -0.2) is 9.55 Å². The van der Waals surface area contributed by atoms with E-state index in [9.17, 15) is 5.48 Å². The molecule has 0 saturated carbocycles. The molecule has 9 aromatic carbocycles. The third-order valence-corrected chi connectivity index (χ3v) is 13.5. The van der Waals surface area contributed by atoms with Crippen LogP contribution >= 0.6 is 0 Å². The summed E-state index contributed by atoms with van der Waals surface area (Å²) in [7, 11) is 0. The van der Waals surface area contributed by atoms with E-state index in [4.69, 9.17) is 20.1 Å². The van der Waals surface area contributed by atoms with Crippen LogP contribution < -0.4 is 9.80 Å². The van der Waals surface area contributed by atoms with Crippen molar-refractivity contribution in [2.75, 3.05) is 9.80 Å².